The van der Waals surface area contributed by atoms with Crippen LogP contribution in [0.3, 0.4) is 0 Å². The van der Waals surface area contributed by atoms with Crippen molar-refractivity contribution in [2.75, 3.05) is 46.4 Å². The maximum atomic E-state index is 11.3. The number of rotatable bonds is 8. The van der Waals surface area contributed by atoms with Crippen LogP contribution in [0.2, 0.25) is 0 Å². The van der Waals surface area contributed by atoms with Crippen LogP contribution in [0, 0.1) is 0 Å². The molecule has 2 N–H and O–H groups in total. The Morgan fingerprint density at radius 2 is 1.95 bits per heavy atom. The molecule has 1 heterocycles. The topological polar surface area (TPSA) is 92.9 Å². The van der Waals surface area contributed by atoms with E-state index in [2.05, 4.69) is 9.72 Å². The van der Waals surface area contributed by atoms with Gasteiger partial charge in [-0.25, -0.2) is 9.78 Å². The van der Waals surface area contributed by atoms with Crippen LogP contribution in [0.1, 0.15) is 10.5 Å². The second-order valence-corrected chi connectivity index (χ2v) is 3.54. The first-order valence-electron chi connectivity index (χ1n) is 5.73. The predicted molar refractivity (Wildman–Crippen MR) is 68.2 cm³/mol. The van der Waals surface area contributed by atoms with Crippen LogP contribution >= 0.6 is 0 Å². The van der Waals surface area contributed by atoms with E-state index in [9.17, 15) is 4.79 Å². The zero-order chi connectivity index (χ0) is 14.1. The number of aromatic nitrogens is 1. The summed E-state index contributed by atoms with van der Waals surface area (Å²) in [6.07, 6.45) is 0. The number of carbonyl (C=O) groups is 1. The molecule has 106 valence electrons. The summed E-state index contributed by atoms with van der Waals surface area (Å²) < 4.78 is 20.0. The molecule has 0 aromatic carbocycles. The van der Waals surface area contributed by atoms with E-state index in [0.29, 0.717) is 25.5 Å². The Bertz CT molecular complexity index is 411. The third-order valence-electron chi connectivity index (χ3n) is 2.18. The lowest BCUT2D eigenvalue weighted by Crippen LogP contribution is -2.13. The Hall–Kier alpha value is -1.86. The minimum absolute atomic E-state index is 0.145. The first-order chi connectivity index (χ1) is 9.19. The summed E-state index contributed by atoms with van der Waals surface area (Å²) in [4.78, 5) is 15.3. The molecule has 1 rings (SSSR count). The molecule has 0 amide bonds. The number of ether oxygens (including phenoxy) is 4. The van der Waals surface area contributed by atoms with Gasteiger partial charge in [0.2, 0.25) is 5.88 Å². The first kappa shape index (κ1) is 15.2. The van der Waals surface area contributed by atoms with Crippen molar-refractivity contribution in [1.29, 1.82) is 0 Å². The first-order valence-corrected chi connectivity index (χ1v) is 5.73. The summed E-state index contributed by atoms with van der Waals surface area (Å²) in [5.41, 5.74) is 6.19. The summed E-state index contributed by atoms with van der Waals surface area (Å²) in [5.74, 6) is -0.348. The molecule has 0 fully saturated rings. The minimum atomic E-state index is -0.541. The number of nitrogen functional groups attached to an aromatic ring is 1. The summed E-state index contributed by atoms with van der Waals surface area (Å²) in [6.45, 7) is 1.68. The highest BCUT2D eigenvalue weighted by molar-refractivity contribution is 5.87. The maximum Gasteiger partial charge on any atom is 0.356 e. The zero-order valence-corrected chi connectivity index (χ0v) is 11.0. The molecule has 1 aromatic heterocycles. The van der Waals surface area contributed by atoms with Gasteiger partial charge < -0.3 is 24.7 Å². The zero-order valence-electron chi connectivity index (χ0n) is 11.0. The molecule has 0 saturated carbocycles. The van der Waals surface area contributed by atoms with Crippen molar-refractivity contribution in [1.82, 2.24) is 4.98 Å². The van der Waals surface area contributed by atoms with Gasteiger partial charge in [0, 0.05) is 7.11 Å². The minimum Gasteiger partial charge on any atom is -0.474 e. The average molecular weight is 270 g/mol. The second kappa shape index (κ2) is 8.28. The molecule has 0 radical (unpaired) electrons. The fourth-order valence-electron chi connectivity index (χ4n) is 1.23. The molecule has 0 bridgehead atoms. The Labute approximate surface area is 111 Å². The van der Waals surface area contributed by atoms with Crippen LogP contribution in [0.25, 0.3) is 0 Å². The van der Waals surface area contributed by atoms with Gasteiger partial charge in [-0.2, -0.15) is 0 Å². The van der Waals surface area contributed by atoms with Crippen molar-refractivity contribution in [2.45, 2.75) is 0 Å². The van der Waals surface area contributed by atoms with Crippen LogP contribution in [0.15, 0.2) is 12.1 Å². The van der Waals surface area contributed by atoms with E-state index < -0.39 is 5.97 Å². The van der Waals surface area contributed by atoms with Crippen LogP contribution in [-0.4, -0.2) is 51.6 Å². The number of anilines is 1. The number of nitrogens with zero attached hydrogens (tertiary/aromatic N) is 1. The number of carbonyl (C=O) groups excluding carboxylic acids is 1. The Morgan fingerprint density at radius 1 is 1.21 bits per heavy atom. The highest BCUT2D eigenvalue weighted by Crippen LogP contribution is 2.18. The lowest BCUT2D eigenvalue weighted by molar-refractivity contribution is 0.0533. The van der Waals surface area contributed by atoms with Crippen molar-refractivity contribution >= 4 is 11.7 Å². The lowest BCUT2D eigenvalue weighted by atomic mass is 10.3. The monoisotopic (exact) mass is 270 g/mol. The highest BCUT2D eigenvalue weighted by atomic mass is 16.5. The van der Waals surface area contributed by atoms with Crippen molar-refractivity contribution in [3.63, 3.8) is 0 Å². The van der Waals surface area contributed by atoms with Crippen LogP contribution < -0.4 is 10.5 Å². The van der Waals surface area contributed by atoms with E-state index >= 15 is 0 Å². The van der Waals surface area contributed by atoms with Crippen LogP contribution in [0.4, 0.5) is 5.69 Å². The summed E-state index contributed by atoms with van der Waals surface area (Å²) >= 11 is 0. The summed E-state index contributed by atoms with van der Waals surface area (Å²) in [7, 11) is 2.88. The Balaban J connectivity index is 2.46. The van der Waals surface area contributed by atoms with E-state index in [1.54, 1.807) is 13.2 Å². The van der Waals surface area contributed by atoms with Crippen LogP contribution in [-0.2, 0) is 14.2 Å². The number of pyridine rings is 1. The quantitative estimate of drug-likeness (QED) is 0.542. The molecule has 0 aliphatic heterocycles. The molecule has 0 unspecified atom stereocenters. The molecule has 7 heteroatoms. The standard InChI is InChI=1S/C12H18N2O5/c1-16-5-6-18-7-8-19-11-9(13)3-4-10(14-11)12(15)17-2/h3-4H,5-8,13H2,1-2H3. The molecule has 7 nitrogen and oxygen atoms in total. The van der Waals surface area contributed by atoms with Gasteiger partial charge in [-0.15, -0.1) is 0 Å². The largest absolute Gasteiger partial charge is 0.474 e. The molecular weight excluding hydrogens is 252 g/mol. The molecule has 0 aliphatic rings. The summed E-state index contributed by atoms with van der Waals surface area (Å²) in [6, 6.07) is 3.02. The molecular formula is C12H18N2O5. The van der Waals surface area contributed by atoms with E-state index in [4.69, 9.17) is 19.9 Å². The third-order valence-corrected chi connectivity index (χ3v) is 2.18. The van der Waals surface area contributed by atoms with Gasteiger partial charge in [-0.05, 0) is 12.1 Å². The van der Waals surface area contributed by atoms with Crippen LogP contribution in [0.5, 0.6) is 5.88 Å². The van der Waals surface area contributed by atoms with Crippen molar-refractivity contribution < 1.29 is 23.7 Å². The Morgan fingerprint density at radius 3 is 2.63 bits per heavy atom. The molecule has 0 saturated heterocycles. The van der Waals surface area contributed by atoms with E-state index in [1.165, 1.54) is 13.2 Å². The lowest BCUT2D eigenvalue weighted by Gasteiger charge is -2.09. The number of hydrogen-bond donors (Lipinski definition) is 1. The van der Waals surface area contributed by atoms with E-state index in [-0.39, 0.29) is 18.2 Å². The molecule has 0 aliphatic carbocycles. The fraction of sp³-hybridized carbons (Fsp3) is 0.500. The average Bonchev–Trinajstić information content (AvgIpc) is 2.43. The molecule has 0 spiro atoms. The molecule has 19 heavy (non-hydrogen) atoms. The SMILES string of the molecule is COCCOCCOc1nc(C(=O)OC)ccc1N. The molecule has 1 aromatic rings. The van der Waals surface area contributed by atoms with Crippen molar-refractivity contribution in [3.05, 3.63) is 17.8 Å². The van der Waals surface area contributed by atoms with Gasteiger partial charge in [0.1, 0.15) is 6.61 Å². The Kier molecular flexibility index (Phi) is 6.62. The normalized spacial score (nSPS) is 10.2. The molecule has 0 atom stereocenters. The van der Waals surface area contributed by atoms with E-state index in [1.807, 2.05) is 0 Å². The van der Waals surface area contributed by atoms with Crippen molar-refractivity contribution in [3.8, 4) is 5.88 Å². The number of hydrogen-bond acceptors (Lipinski definition) is 7. The summed E-state index contributed by atoms with van der Waals surface area (Å²) in [5, 5.41) is 0. The maximum absolute atomic E-state index is 11.3. The second-order valence-electron chi connectivity index (χ2n) is 3.54. The van der Waals surface area contributed by atoms with Gasteiger partial charge in [0.05, 0.1) is 32.6 Å². The van der Waals surface area contributed by atoms with Gasteiger partial charge in [0.25, 0.3) is 0 Å². The highest BCUT2D eigenvalue weighted by Gasteiger charge is 2.11. The number of nitrogens with two attached hydrogens (primary N) is 1. The van der Waals surface area contributed by atoms with Gasteiger partial charge in [0.15, 0.2) is 5.69 Å². The predicted octanol–water partition coefficient (Wildman–Crippen LogP) is 0.492. The van der Waals surface area contributed by atoms with Gasteiger partial charge in [-0.1, -0.05) is 0 Å². The van der Waals surface area contributed by atoms with Gasteiger partial charge >= 0.3 is 5.97 Å². The number of esters is 1. The smallest absolute Gasteiger partial charge is 0.356 e. The third kappa shape index (κ3) is 5.11. The van der Waals surface area contributed by atoms with E-state index in [0.717, 1.165) is 0 Å². The van der Waals surface area contributed by atoms with Crippen molar-refractivity contribution in [2.24, 2.45) is 0 Å². The number of methoxy groups -OCH3 is 2. The fourth-order valence-corrected chi connectivity index (χ4v) is 1.23. The van der Waals surface area contributed by atoms with Gasteiger partial charge in [-0.3, -0.25) is 0 Å².